The summed E-state index contributed by atoms with van der Waals surface area (Å²) in [4.78, 5) is 11.8. The van der Waals surface area contributed by atoms with Gasteiger partial charge in [-0.15, -0.1) is 0 Å². The number of amides is 1. The van der Waals surface area contributed by atoms with Gasteiger partial charge < -0.3 is 15.8 Å². The molecule has 20 heavy (non-hydrogen) atoms. The lowest BCUT2D eigenvalue weighted by Crippen LogP contribution is -2.26. The predicted molar refractivity (Wildman–Crippen MR) is 77.3 cm³/mol. The minimum absolute atomic E-state index is 0.0531. The predicted octanol–water partition coefficient (Wildman–Crippen LogP) is 1.52. The molecular formula is C14H24N4O2. The number of nitrogens with two attached hydrogens (primary N) is 1. The number of anilines is 1. The van der Waals surface area contributed by atoms with Crippen LogP contribution in [0.2, 0.25) is 0 Å². The molecule has 1 fully saturated rings. The maximum Gasteiger partial charge on any atom is 0.226 e. The number of aromatic nitrogens is 2. The molecule has 2 unspecified atom stereocenters. The summed E-state index contributed by atoms with van der Waals surface area (Å²) in [6.45, 7) is 3.64. The third-order valence-electron chi connectivity index (χ3n) is 3.44. The number of carbonyl (C=O) groups is 1. The third-order valence-corrected chi connectivity index (χ3v) is 3.44. The van der Waals surface area contributed by atoms with Crippen LogP contribution in [-0.2, 0) is 16.1 Å². The molecule has 3 N–H and O–H groups in total. The van der Waals surface area contributed by atoms with Gasteiger partial charge in [-0.1, -0.05) is 13.3 Å². The maximum absolute atomic E-state index is 11.8. The molecule has 2 rings (SSSR count). The first kappa shape index (κ1) is 15.0. The normalized spacial score (nSPS) is 20.0. The van der Waals surface area contributed by atoms with Crippen molar-refractivity contribution in [1.82, 2.24) is 9.78 Å². The Morgan fingerprint density at radius 1 is 1.70 bits per heavy atom. The van der Waals surface area contributed by atoms with Crippen LogP contribution in [0.15, 0.2) is 12.4 Å². The van der Waals surface area contributed by atoms with Gasteiger partial charge >= 0.3 is 0 Å². The van der Waals surface area contributed by atoms with E-state index < -0.39 is 0 Å². The van der Waals surface area contributed by atoms with Crippen molar-refractivity contribution in [2.75, 3.05) is 11.9 Å². The van der Waals surface area contributed by atoms with Crippen LogP contribution in [0.25, 0.3) is 0 Å². The first-order chi connectivity index (χ1) is 9.67. The minimum Gasteiger partial charge on any atom is -0.376 e. The van der Waals surface area contributed by atoms with E-state index in [4.69, 9.17) is 10.5 Å². The van der Waals surface area contributed by atoms with E-state index >= 15 is 0 Å². The fraction of sp³-hybridized carbons (Fsp3) is 0.714. The fourth-order valence-electron chi connectivity index (χ4n) is 2.45. The van der Waals surface area contributed by atoms with Gasteiger partial charge in [0.2, 0.25) is 5.91 Å². The van der Waals surface area contributed by atoms with Gasteiger partial charge in [-0.3, -0.25) is 9.48 Å². The third kappa shape index (κ3) is 4.61. The van der Waals surface area contributed by atoms with Crippen molar-refractivity contribution in [3.05, 3.63) is 12.4 Å². The van der Waals surface area contributed by atoms with Gasteiger partial charge in [0.15, 0.2) is 0 Å². The van der Waals surface area contributed by atoms with Crippen LogP contribution in [0.4, 0.5) is 5.69 Å². The van der Waals surface area contributed by atoms with Crippen LogP contribution in [0.5, 0.6) is 0 Å². The van der Waals surface area contributed by atoms with E-state index in [1.165, 1.54) is 0 Å². The molecule has 6 nitrogen and oxygen atoms in total. The molecule has 1 aliphatic rings. The van der Waals surface area contributed by atoms with E-state index in [1.807, 2.05) is 10.9 Å². The van der Waals surface area contributed by atoms with Crippen molar-refractivity contribution >= 4 is 11.6 Å². The Kier molecular flexibility index (Phi) is 5.55. The van der Waals surface area contributed by atoms with Gasteiger partial charge in [-0.2, -0.15) is 5.10 Å². The van der Waals surface area contributed by atoms with Gasteiger partial charge in [0.1, 0.15) is 0 Å². The average molecular weight is 280 g/mol. The molecule has 1 aromatic rings. The summed E-state index contributed by atoms with van der Waals surface area (Å²) in [5.74, 6) is -0.0531. The van der Waals surface area contributed by atoms with Crippen molar-refractivity contribution in [3.63, 3.8) is 0 Å². The summed E-state index contributed by atoms with van der Waals surface area (Å²) >= 11 is 0. The van der Waals surface area contributed by atoms with E-state index in [0.29, 0.717) is 6.42 Å². The van der Waals surface area contributed by atoms with E-state index in [-0.39, 0.29) is 18.1 Å². The van der Waals surface area contributed by atoms with Crippen molar-refractivity contribution < 1.29 is 9.53 Å². The Morgan fingerprint density at radius 2 is 2.55 bits per heavy atom. The van der Waals surface area contributed by atoms with Gasteiger partial charge in [0.05, 0.1) is 24.5 Å². The molecule has 112 valence electrons. The largest absolute Gasteiger partial charge is 0.376 e. The zero-order valence-electron chi connectivity index (χ0n) is 12.0. The lowest BCUT2D eigenvalue weighted by Gasteiger charge is -2.10. The molecule has 0 spiro atoms. The molecule has 1 saturated heterocycles. The van der Waals surface area contributed by atoms with Crippen LogP contribution < -0.4 is 11.1 Å². The number of hydrogen-bond donors (Lipinski definition) is 2. The molecule has 1 amide bonds. The number of nitrogens with one attached hydrogen (secondary N) is 1. The Morgan fingerprint density at radius 3 is 3.25 bits per heavy atom. The molecule has 1 aliphatic heterocycles. The summed E-state index contributed by atoms with van der Waals surface area (Å²) in [6.07, 6.45) is 8.16. The quantitative estimate of drug-likeness (QED) is 0.793. The number of ether oxygens (including phenoxy) is 1. The van der Waals surface area contributed by atoms with Crippen LogP contribution in [0.3, 0.4) is 0 Å². The summed E-state index contributed by atoms with van der Waals surface area (Å²) in [6, 6.07) is -0.0677. The molecule has 2 atom stereocenters. The Balaban J connectivity index is 1.78. The second-order valence-electron chi connectivity index (χ2n) is 5.39. The molecule has 0 aromatic carbocycles. The molecular weight excluding hydrogens is 256 g/mol. The van der Waals surface area contributed by atoms with E-state index in [9.17, 15) is 4.79 Å². The van der Waals surface area contributed by atoms with E-state index in [0.717, 1.165) is 44.5 Å². The summed E-state index contributed by atoms with van der Waals surface area (Å²) in [5, 5.41) is 7.07. The minimum atomic E-state index is -0.0677. The summed E-state index contributed by atoms with van der Waals surface area (Å²) in [7, 11) is 0. The van der Waals surface area contributed by atoms with Crippen LogP contribution in [0.1, 0.15) is 39.0 Å². The average Bonchev–Trinajstić information content (AvgIpc) is 3.02. The van der Waals surface area contributed by atoms with Crippen LogP contribution in [0, 0.1) is 0 Å². The number of hydrogen-bond acceptors (Lipinski definition) is 4. The lowest BCUT2D eigenvalue weighted by atomic mass is 10.1. The van der Waals surface area contributed by atoms with E-state index in [1.54, 1.807) is 6.20 Å². The highest BCUT2D eigenvalue weighted by Gasteiger charge is 2.16. The van der Waals surface area contributed by atoms with Gasteiger partial charge in [-0.05, 0) is 19.3 Å². The van der Waals surface area contributed by atoms with Crippen molar-refractivity contribution in [2.24, 2.45) is 5.73 Å². The highest BCUT2D eigenvalue weighted by atomic mass is 16.5. The highest BCUT2D eigenvalue weighted by molar-refractivity contribution is 5.90. The molecule has 0 saturated carbocycles. The first-order valence-electron chi connectivity index (χ1n) is 7.37. The number of rotatable bonds is 7. The zero-order valence-corrected chi connectivity index (χ0v) is 12.0. The smallest absolute Gasteiger partial charge is 0.226 e. The molecule has 0 bridgehead atoms. The molecule has 6 heteroatoms. The lowest BCUT2D eigenvalue weighted by molar-refractivity contribution is -0.116. The van der Waals surface area contributed by atoms with Crippen molar-refractivity contribution in [1.29, 1.82) is 0 Å². The van der Waals surface area contributed by atoms with Crippen molar-refractivity contribution in [3.8, 4) is 0 Å². The van der Waals surface area contributed by atoms with Crippen LogP contribution in [-0.4, -0.2) is 34.4 Å². The monoisotopic (exact) mass is 280 g/mol. The second-order valence-corrected chi connectivity index (χ2v) is 5.39. The number of nitrogens with zero attached hydrogens (tertiary/aromatic N) is 2. The zero-order chi connectivity index (χ0) is 14.4. The Hall–Kier alpha value is -1.40. The number of carbonyl (C=O) groups excluding carboxylic acids is 1. The Labute approximate surface area is 119 Å². The highest BCUT2D eigenvalue weighted by Crippen LogP contribution is 2.15. The molecule has 1 aromatic heterocycles. The maximum atomic E-state index is 11.8. The van der Waals surface area contributed by atoms with Gasteiger partial charge in [0, 0.05) is 25.3 Å². The second kappa shape index (κ2) is 7.40. The Bertz CT molecular complexity index is 427. The van der Waals surface area contributed by atoms with Crippen LogP contribution >= 0.6 is 0 Å². The standard InChI is InChI=1S/C14H24N4O2/c1-2-4-11(15)7-14(19)17-12-8-16-18(9-12)10-13-5-3-6-20-13/h8-9,11,13H,2-7,10,15H2,1H3,(H,17,19). The molecule has 0 radical (unpaired) electrons. The molecule has 2 heterocycles. The van der Waals surface area contributed by atoms with Gasteiger partial charge in [-0.25, -0.2) is 0 Å². The summed E-state index contributed by atoms with van der Waals surface area (Å²) in [5.41, 5.74) is 6.57. The molecule has 0 aliphatic carbocycles. The van der Waals surface area contributed by atoms with Crippen molar-refractivity contribution in [2.45, 2.75) is 57.7 Å². The summed E-state index contributed by atoms with van der Waals surface area (Å²) < 4.78 is 7.38. The first-order valence-corrected chi connectivity index (χ1v) is 7.37. The SMILES string of the molecule is CCCC(N)CC(=O)Nc1cnn(CC2CCCO2)c1. The van der Waals surface area contributed by atoms with E-state index in [2.05, 4.69) is 17.3 Å². The topological polar surface area (TPSA) is 82.2 Å². The van der Waals surface area contributed by atoms with Gasteiger partial charge in [0.25, 0.3) is 0 Å². The fourth-order valence-corrected chi connectivity index (χ4v) is 2.45.